The summed E-state index contributed by atoms with van der Waals surface area (Å²) in [6.45, 7) is 5.38. The van der Waals surface area contributed by atoms with E-state index in [1.165, 1.54) is 17.5 Å². The van der Waals surface area contributed by atoms with Gasteiger partial charge in [0.05, 0.1) is 18.6 Å². The van der Waals surface area contributed by atoms with Gasteiger partial charge in [-0.2, -0.15) is 0 Å². The van der Waals surface area contributed by atoms with Crippen LogP contribution in [0.1, 0.15) is 37.3 Å². The first-order valence-electron chi connectivity index (χ1n) is 8.64. The fourth-order valence-electron chi connectivity index (χ4n) is 4.50. The molecule has 0 saturated carbocycles. The minimum absolute atomic E-state index is 0.00845. The number of aliphatic hydroxyl groups excluding tert-OH is 1. The Morgan fingerprint density at radius 3 is 3.09 bits per heavy atom. The van der Waals surface area contributed by atoms with E-state index in [0.717, 1.165) is 37.6 Å². The van der Waals surface area contributed by atoms with Crippen molar-refractivity contribution in [3.05, 3.63) is 35.4 Å². The molecular formula is C19H25NO3. The maximum Gasteiger partial charge on any atom is 0.166 e. The maximum atomic E-state index is 10.1. The average molecular weight is 315 g/mol. The van der Waals surface area contributed by atoms with Crippen molar-refractivity contribution < 1.29 is 14.6 Å². The standard InChI is InChI=1S/C19H25NO3/c1-3-9-20-10-8-19-7-6-14(21)11-16(19)23-18-15(22-2)5-4-13(12-20)17(18)19/h4-7,14,16,21H,3,8-12H2,1-2H3/t14-,16-,19-/m0/s1. The third-order valence-electron chi connectivity index (χ3n) is 5.57. The van der Waals surface area contributed by atoms with Gasteiger partial charge in [-0.1, -0.05) is 25.1 Å². The Labute approximate surface area is 137 Å². The summed E-state index contributed by atoms with van der Waals surface area (Å²) >= 11 is 0. The van der Waals surface area contributed by atoms with Gasteiger partial charge in [0.15, 0.2) is 11.5 Å². The molecule has 0 unspecified atom stereocenters. The number of hydrogen-bond acceptors (Lipinski definition) is 4. The molecular weight excluding hydrogens is 290 g/mol. The van der Waals surface area contributed by atoms with Crippen molar-refractivity contribution in [1.82, 2.24) is 4.90 Å². The number of rotatable bonds is 3. The van der Waals surface area contributed by atoms with E-state index in [1.807, 2.05) is 12.1 Å². The SMILES string of the molecule is CCCN1CC[C@@]23C=C[C@H](O)C[C@@H]2Oc2c(OC)ccc(c23)C1. The molecule has 0 bridgehead atoms. The lowest BCUT2D eigenvalue weighted by molar-refractivity contribution is 0.0810. The van der Waals surface area contributed by atoms with Gasteiger partial charge < -0.3 is 14.6 Å². The monoisotopic (exact) mass is 315 g/mol. The number of ether oxygens (including phenoxy) is 2. The van der Waals surface area contributed by atoms with Gasteiger partial charge in [0.1, 0.15) is 6.10 Å². The van der Waals surface area contributed by atoms with Gasteiger partial charge in [-0.05, 0) is 37.6 Å². The molecule has 124 valence electrons. The molecule has 4 rings (SSSR count). The van der Waals surface area contributed by atoms with Crippen LogP contribution in [0.5, 0.6) is 11.5 Å². The predicted octanol–water partition coefficient (Wildman–Crippen LogP) is 2.63. The summed E-state index contributed by atoms with van der Waals surface area (Å²) in [6.07, 6.45) is 6.61. The normalized spacial score (nSPS) is 32.0. The zero-order valence-corrected chi connectivity index (χ0v) is 13.9. The van der Waals surface area contributed by atoms with Crippen LogP contribution >= 0.6 is 0 Å². The second kappa shape index (κ2) is 5.53. The van der Waals surface area contributed by atoms with Gasteiger partial charge in [-0.25, -0.2) is 0 Å². The summed E-state index contributed by atoms with van der Waals surface area (Å²) in [5.41, 5.74) is 2.53. The molecule has 1 aromatic carbocycles. The summed E-state index contributed by atoms with van der Waals surface area (Å²) in [5.74, 6) is 1.71. The van der Waals surface area contributed by atoms with Gasteiger partial charge >= 0.3 is 0 Å². The van der Waals surface area contributed by atoms with E-state index >= 15 is 0 Å². The summed E-state index contributed by atoms with van der Waals surface area (Å²) in [7, 11) is 1.70. The molecule has 1 aliphatic carbocycles. The van der Waals surface area contributed by atoms with E-state index < -0.39 is 6.10 Å². The smallest absolute Gasteiger partial charge is 0.166 e. The first-order valence-corrected chi connectivity index (χ1v) is 8.64. The molecule has 1 aromatic rings. The molecule has 23 heavy (non-hydrogen) atoms. The van der Waals surface area contributed by atoms with Crippen molar-refractivity contribution >= 4 is 0 Å². The lowest BCUT2D eigenvalue weighted by Crippen LogP contribution is -2.43. The lowest BCUT2D eigenvalue weighted by atomic mass is 9.69. The first-order chi connectivity index (χ1) is 11.2. The highest BCUT2D eigenvalue weighted by molar-refractivity contribution is 5.60. The van der Waals surface area contributed by atoms with Crippen LogP contribution in [-0.2, 0) is 12.0 Å². The van der Waals surface area contributed by atoms with Gasteiger partial charge in [0.2, 0.25) is 0 Å². The van der Waals surface area contributed by atoms with Gasteiger partial charge in [-0.15, -0.1) is 0 Å². The van der Waals surface area contributed by atoms with Crippen LogP contribution in [0.15, 0.2) is 24.3 Å². The number of nitrogens with zero attached hydrogens (tertiary/aromatic N) is 1. The molecule has 0 saturated heterocycles. The van der Waals surface area contributed by atoms with Crippen LogP contribution in [0.3, 0.4) is 0 Å². The Morgan fingerprint density at radius 2 is 2.30 bits per heavy atom. The molecule has 4 heteroatoms. The Balaban J connectivity index is 1.87. The minimum Gasteiger partial charge on any atom is -0.493 e. The number of aliphatic hydroxyl groups is 1. The minimum atomic E-state index is -0.413. The number of hydrogen-bond donors (Lipinski definition) is 1. The Bertz CT molecular complexity index is 642. The molecule has 1 spiro atoms. The number of benzene rings is 1. The third kappa shape index (κ3) is 2.19. The molecule has 0 amide bonds. The highest BCUT2D eigenvalue weighted by Crippen LogP contribution is 2.55. The van der Waals surface area contributed by atoms with Crippen molar-refractivity contribution in [2.24, 2.45) is 0 Å². The molecule has 0 aromatic heterocycles. The fraction of sp³-hybridized carbons (Fsp3) is 0.579. The molecule has 3 aliphatic rings. The molecule has 2 heterocycles. The van der Waals surface area contributed by atoms with Crippen LogP contribution in [0, 0.1) is 0 Å². The quantitative estimate of drug-likeness (QED) is 0.871. The average Bonchev–Trinajstić information content (AvgIpc) is 2.79. The fourth-order valence-corrected chi connectivity index (χ4v) is 4.50. The topological polar surface area (TPSA) is 41.9 Å². The maximum absolute atomic E-state index is 10.1. The highest BCUT2D eigenvalue weighted by atomic mass is 16.5. The van der Waals surface area contributed by atoms with Crippen molar-refractivity contribution in [3.63, 3.8) is 0 Å². The van der Waals surface area contributed by atoms with Gasteiger partial charge in [0.25, 0.3) is 0 Å². The zero-order valence-electron chi connectivity index (χ0n) is 13.9. The molecule has 1 N–H and O–H groups in total. The van der Waals surface area contributed by atoms with Crippen LogP contribution in [-0.4, -0.2) is 42.4 Å². The van der Waals surface area contributed by atoms with Crippen LogP contribution < -0.4 is 9.47 Å². The van der Waals surface area contributed by atoms with E-state index in [4.69, 9.17) is 9.47 Å². The second-order valence-electron chi connectivity index (χ2n) is 6.97. The summed E-state index contributed by atoms with van der Waals surface area (Å²) < 4.78 is 11.9. The number of methoxy groups -OCH3 is 1. The summed E-state index contributed by atoms with van der Waals surface area (Å²) in [6, 6.07) is 4.22. The Morgan fingerprint density at radius 1 is 1.43 bits per heavy atom. The van der Waals surface area contributed by atoms with Crippen molar-refractivity contribution in [1.29, 1.82) is 0 Å². The first kappa shape index (κ1) is 15.0. The van der Waals surface area contributed by atoms with Crippen LogP contribution in [0.4, 0.5) is 0 Å². The molecule has 2 aliphatic heterocycles. The van der Waals surface area contributed by atoms with E-state index in [1.54, 1.807) is 7.11 Å². The van der Waals surface area contributed by atoms with Crippen molar-refractivity contribution in [2.45, 2.75) is 50.4 Å². The largest absolute Gasteiger partial charge is 0.493 e. The molecule has 0 radical (unpaired) electrons. The van der Waals surface area contributed by atoms with E-state index in [-0.39, 0.29) is 11.5 Å². The van der Waals surface area contributed by atoms with Gasteiger partial charge in [0, 0.05) is 18.5 Å². The van der Waals surface area contributed by atoms with E-state index in [9.17, 15) is 5.11 Å². The second-order valence-corrected chi connectivity index (χ2v) is 6.97. The highest BCUT2D eigenvalue weighted by Gasteiger charge is 2.52. The predicted molar refractivity (Wildman–Crippen MR) is 89.0 cm³/mol. The van der Waals surface area contributed by atoms with Crippen molar-refractivity contribution in [3.8, 4) is 11.5 Å². The van der Waals surface area contributed by atoms with Crippen molar-refractivity contribution in [2.75, 3.05) is 20.2 Å². The van der Waals surface area contributed by atoms with E-state index in [2.05, 4.69) is 24.0 Å². The summed E-state index contributed by atoms with van der Waals surface area (Å²) in [5, 5.41) is 10.1. The summed E-state index contributed by atoms with van der Waals surface area (Å²) in [4.78, 5) is 2.53. The van der Waals surface area contributed by atoms with Crippen LogP contribution in [0.2, 0.25) is 0 Å². The van der Waals surface area contributed by atoms with Gasteiger partial charge in [-0.3, -0.25) is 4.90 Å². The van der Waals surface area contributed by atoms with E-state index in [0.29, 0.717) is 6.42 Å². The lowest BCUT2D eigenvalue weighted by Gasteiger charge is -2.35. The Hall–Kier alpha value is -1.52. The molecule has 3 atom stereocenters. The Kier molecular flexibility index (Phi) is 3.62. The zero-order chi connectivity index (χ0) is 16.0. The molecule has 4 nitrogen and oxygen atoms in total. The third-order valence-corrected chi connectivity index (χ3v) is 5.57. The van der Waals surface area contributed by atoms with Crippen LogP contribution in [0.25, 0.3) is 0 Å². The molecule has 0 fully saturated rings.